The number of halogens is 2. The van der Waals surface area contributed by atoms with Gasteiger partial charge in [0.1, 0.15) is 0 Å². The third kappa shape index (κ3) is 12.9. The van der Waals surface area contributed by atoms with Crippen LogP contribution < -0.4 is 0 Å². The second-order valence-corrected chi connectivity index (χ2v) is 5.81. The van der Waals surface area contributed by atoms with Crippen LogP contribution in [0.2, 0.25) is 0 Å². The van der Waals surface area contributed by atoms with Crippen molar-refractivity contribution in [3.8, 4) is 0 Å². The van der Waals surface area contributed by atoms with Crippen molar-refractivity contribution < 1.29 is 9.47 Å². The molecular formula is C14H28Cl2O2. The maximum absolute atomic E-state index is 6.08. The molecular weight excluding hydrogens is 271 g/mol. The minimum Gasteiger partial charge on any atom is -0.379 e. The van der Waals surface area contributed by atoms with E-state index in [-0.39, 0.29) is 10.8 Å². The smallest absolute Gasteiger partial charge is 0.0700 e. The van der Waals surface area contributed by atoms with Gasteiger partial charge in [-0.3, -0.25) is 0 Å². The molecule has 0 N–H and O–H groups in total. The maximum atomic E-state index is 6.08. The standard InChI is InChI=1S/C14H28Cl2O2/c1-3-5-13(15)7-9-17-11-12-18-10-8-14(16)6-4-2/h13-14H,3-12H2,1-2H3. The molecule has 0 aliphatic rings. The fraction of sp³-hybridized carbons (Fsp3) is 1.00. The van der Waals surface area contributed by atoms with Gasteiger partial charge in [0.2, 0.25) is 0 Å². The molecule has 0 rings (SSSR count). The number of hydrogen-bond donors (Lipinski definition) is 0. The molecule has 0 radical (unpaired) electrons. The first-order chi connectivity index (χ1) is 8.70. The Morgan fingerprint density at radius 3 is 1.39 bits per heavy atom. The third-order valence-corrected chi connectivity index (χ3v) is 3.60. The van der Waals surface area contributed by atoms with Gasteiger partial charge in [-0.05, 0) is 25.7 Å². The van der Waals surface area contributed by atoms with Crippen molar-refractivity contribution in [2.24, 2.45) is 0 Å². The predicted octanol–water partition coefficient (Wildman–Crippen LogP) is 4.61. The summed E-state index contributed by atoms with van der Waals surface area (Å²) in [5, 5.41) is 0.504. The van der Waals surface area contributed by atoms with E-state index in [9.17, 15) is 0 Å². The van der Waals surface area contributed by atoms with Crippen LogP contribution in [-0.4, -0.2) is 37.2 Å². The summed E-state index contributed by atoms with van der Waals surface area (Å²) in [6.45, 7) is 7.05. The molecule has 0 bridgehead atoms. The summed E-state index contributed by atoms with van der Waals surface area (Å²) in [6.07, 6.45) is 6.25. The van der Waals surface area contributed by atoms with Crippen LogP contribution >= 0.6 is 23.2 Å². The van der Waals surface area contributed by atoms with Crippen LogP contribution in [0, 0.1) is 0 Å². The minimum absolute atomic E-state index is 0.252. The molecule has 2 atom stereocenters. The fourth-order valence-electron chi connectivity index (χ4n) is 1.66. The zero-order valence-corrected chi connectivity index (χ0v) is 13.3. The Morgan fingerprint density at radius 1 is 0.667 bits per heavy atom. The molecule has 0 aliphatic carbocycles. The lowest BCUT2D eigenvalue weighted by atomic mass is 10.2. The van der Waals surface area contributed by atoms with Gasteiger partial charge >= 0.3 is 0 Å². The van der Waals surface area contributed by atoms with Gasteiger partial charge < -0.3 is 9.47 Å². The van der Waals surface area contributed by atoms with Crippen molar-refractivity contribution in [1.82, 2.24) is 0 Å². The van der Waals surface area contributed by atoms with Gasteiger partial charge in [0.25, 0.3) is 0 Å². The summed E-state index contributed by atoms with van der Waals surface area (Å²) >= 11 is 12.2. The van der Waals surface area contributed by atoms with Crippen molar-refractivity contribution in [3.63, 3.8) is 0 Å². The number of ether oxygens (including phenoxy) is 2. The Bertz CT molecular complexity index is 150. The highest BCUT2D eigenvalue weighted by Crippen LogP contribution is 2.10. The van der Waals surface area contributed by atoms with Gasteiger partial charge in [0, 0.05) is 24.0 Å². The zero-order chi connectivity index (χ0) is 13.6. The van der Waals surface area contributed by atoms with Crippen molar-refractivity contribution in [3.05, 3.63) is 0 Å². The Morgan fingerprint density at radius 2 is 1.06 bits per heavy atom. The zero-order valence-electron chi connectivity index (χ0n) is 11.8. The molecule has 0 spiro atoms. The molecule has 0 amide bonds. The number of rotatable bonds is 13. The summed E-state index contributed by atoms with van der Waals surface area (Å²) < 4.78 is 10.9. The Kier molecular flexibility index (Phi) is 14.3. The SMILES string of the molecule is CCCC(Cl)CCOCCOCCC(Cl)CCC. The first kappa shape index (κ1) is 18.5. The molecule has 0 saturated heterocycles. The molecule has 0 heterocycles. The first-order valence-corrected chi connectivity index (χ1v) is 8.01. The highest BCUT2D eigenvalue weighted by atomic mass is 35.5. The third-order valence-electron chi connectivity index (χ3n) is 2.73. The lowest BCUT2D eigenvalue weighted by Crippen LogP contribution is -2.11. The quantitative estimate of drug-likeness (QED) is 0.365. The van der Waals surface area contributed by atoms with Crippen molar-refractivity contribution in [2.75, 3.05) is 26.4 Å². The number of alkyl halides is 2. The molecule has 2 unspecified atom stereocenters. The van der Waals surface area contributed by atoms with Gasteiger partial charge in [-0.25, -0.2) is 0 Å². The van der Waals surface area contributed by atoms with E-state index in [0.717, 1.165) is 51.7 Å². The van der Waals surface area contributed by atoms with Crippen molar-refractivity contribution >= 4 is 23.2 Å². The molecule has 18 heavy (non-hydrogen) atoms. The lowest BCUT2D eigenvalue weighted by Gasteiger charge is -2.10. The molecule has 4 heteroatoms. The van der Waals surface area contributed by atoms with E-state index in [4.69, 9.17) is 32.7 Å². The number of hydrogen-bond acceptors (Lipinski definition) is 2. The van der Waals surface area contributed by atoms with Crippen LogP contribution in [0.15, 0.2) is 0 Å². The molecule has 0 aromatic heterocycles. The van der Waals surface area contributed by atoms with E-state index >= 15 is 0 Å². The van der Waals surface area contributed by atoms with E-state index in [2.05, 4.69) is 13.8 Å². The van der Waals surface area contributed by atoms with Crippen LogP contribution in [0.25, 0.3) is 0 Å². The normalized spacial score (nSPS) is 14.7. The highest BCUT2D eigenvalue weighted by molar-refractivity contribution is 6.20. The van der Waals surface area contributed by atoms with Crippen LogP contribution in [0.4, 0.5) is 0 Å². The Balaban J connectivity index is 3.11. The first-order valence-electron chi connectivity index (χ1n) is 7.14. The van der Waals surface area contributed by atoms with Gasteiger partial charge in [0.05, 0.1) is 13.2 Å². The van der Waals surface area contributed by atoms with Crippen molar-refractivity contribution in [1.29, 1.82) is 0 Å². The average Bonchev–Trinajstić information content (AvgIpc) is 2.33. The van der Waals surface area contributed by atoms with Crippen LogP contribution in [0.3, 0.4) is 0 Å². The maximum Gasteiger partial charge on any atom is 0.0700 e. The summed E-state index contributed by atoms with van der Waals surface area (Å²) in [5.41, 5.74) is 0. The largest absolute Gasteiger partial charge is 0.379 e. The monoisotopic (exact) mass is 298 g/mol. The summed E-state index contributed by atoms with van der Waals surface area (Å²) in [5.74, 6) is 0. The van der Waals surface area contributed by atoms with Gasteiger partial charge in [-0.1, -0.05) is 26.7 Å². The Labute approximate surface area is 122 Å². The molecule has 0 fully saturated rings. The molecule has 0 saturated carbocycles. The van der Waals surface area contributed by atoms with E-state index in [0.29, 0.717) is 13.2 Å². The summed E-state index contributed by atoms with van der Waals surface area (Å²) in [6, 6.07) is 0. The van der Waals surface area contributed by atoms with E-state index < -0.39 is 0 Å². The van der Waals surface area contributed by atoms with Crippen LogP contribution in [-0.2, 0) is 9.47 Å². The molecule has 0 aromatic rings. The second-order valence-electron chi connectivity index (χ2n) is 4.57. The summed E-state index contributed by atoms with van der Waals surface area (Å²) in [4.78, 5) is 0. The van der Waals surface area contributed by atoms with Gasteiger partial charge in [-0.2, -0.15) is 0 Å². The summed E-state index contributed by atoms with van der Waals surface area (Å²) in [7, 11) is 0. The fourth-order valence-corrected chi connectivity index (χ4v) is 2.27. The Hall–Kier alpha value is 0.500. The van der Waals surface area contributed by atoms with E-state index in [1.54, 1.807) is 0 Å². The predicted molar refractivity (Wildman–Crippen MR) is 80.0 cm³/mol. The van der Waals surface area contributed by atoms with Gasteiger partial charge in [-0.15, -0.1) is 23.2 Å². The minimum atomic E-state index is 0.252. The van der Waals surface area contributed by atoms with Crippen molar-refractivity contribution in [2.45, 2.75) is 63.1 Å². The lowest BCUT2D eigenvalue weighted by molar-refractivity contribution is 0.0454. The highest BCUT2D eigenvalue weighted by Gasteiger charge is 2.03. The molecule has 0 aromatic carbocycles. The molecule has 0 aliphatic heterocycles. The van der Waals surface area contributed by atoms with Crippen LogP contribution in [0.5, 0.6) is 0 Å². The second kappa shape index (κ2) is 13.9. The van der Waals surface area contributed by atoms with E-state index in [1.165, 1.54) is 0 Å². The average molecular weight is 299 g/mol. The molecule has 2 nitrogen and oxygen atoms in total. The molecule has 110 valence electrons. The van der Waals surface area contributed by atoms with Crippen LogP contribution in [0.1, 0.15) is 52.4 Å². The van der Waals surface area contributed by atoms with Gasteiger partial charge in [0.15, 0.2) is 0 Å². The topological polar surface area (TPSA) is 18.5 Å². The van der Waals surface area contributed by atoms with E-state index in [1.807, 2.05) is 0 Å².